The minimum Gasteiger partial charge on any atom is -0.481 e. The van der Waals surface area contributed by atoms with Crippen molar-refractivity contribution >= 4 is 18.0 Å². The molecule has 0 spiro atoms. The summed E-state index contributed by atoms with van der Waals surface area (Å²) in [5.74, 6) is 5.59. The number of hydrogen-bond donors (Lipinski definition) is 1. The van der Waals surface area contributed by atoms with E-state index in [9.17, 15) is 19.5 Å². The van der Waals surface area contributed by atoms with E-state index in [0.717, 1.165) is 12.8 Å². The summed E-state index contributed by atoms with van der Waals surface area (Å²) in [5, 5.41) is 10.1. The number of rotatable bonds is 7. The van der Waals surface area contributed by atoms with E-state index in [-0.39, 0.29) is 42.3 Å². The smallest absolute Gasteiger partial charge is 0.410 e. The number of aromatic nitrogens is 2. The predicted octanol–water partition coefficient (Wildman–Crippen LogP) is 5.51. The molecule has 1 aromatic heterocycles. The van der Waals surface area contributed by atoms with Crippen LogP contribution in [0.5, 0.6) is 0 Å². The predicted molar refractivity (Wildman–Crippen MR) is 155 cm³/mol. The lowest BCUT2D eigenvalue weighted by Crippen LogP contribution is -2.60. The summed E-state index contributed by atoms with van der Waals surface area (Å²) in [5.41, 5.74) is -1.68. The number of aliphatic carboxylic acids is 1. The lowest BCUT2D eigenvalue weighted by atomic mass is 9.79. The van der Waals surface area contributed by atoms with Crippen LogP contribution < -0.4 is 0 Å². The monoisotopic (exact) mass is 556 g/mol. The zero-order chi connectivity index (χ0) is 30.5. The fraction of sp³-hybridized carbons (Fsp3) is 0.710. The molecule has 0 saturated carbocycles. The average molecular weight is 557 g/mol. The van der Waals surface area contributed by atoms with Crippen LogP contribution >= 0.6 is 0 Å². The van der Waals surface area contributed by atoms with Gasteiger partial charge < -0.3 is 19.6 Å². The van der Waals surface area contributed by atoms with Crippen LogP contribution in [0, 0.1) is 23.2 Å². The fourth-order valence-electron chi connectivity index (χ4n) is 4.57. The van der Waals surface area contributed by atoms with Gasteiger partial charge in [0, 0.05) is 37.7 Å². The molecule has 9 nitrogen and oxygen atoms in total. The number of likely N-dealkylation sites (tertiary alicyclic amines) is 1. The first-order chi connectivity index (χ1) is 18.4. The molecule has 222 valence electrons. The van der Waals surface area contributed by atoms with Crippen LogP contribution in [-0.2, 0) is 14.9 Å². The summed E-state index contributed by atoms with van der Waals surface area (Å²) in [6, 6.07) is -0.555. The first kappa shape index (κ1) is 33.1. The standard InChI is InChI=1S/C31H48N4O5/c1-11-12-13-14-15-24-23(17-32-26(33-24)29(4,5)6)25(36)35(18-21(2)3)22-16-31(10,27(37)38)20-34(19-22)28(39)40-30(7,8)9/h17,21-22H,11-13,16,18-20H2,1-10H3,(H,37,38)/t22-,31+/m0/s1. The van der Waals surface area contributed by atoms with E-state index in [4.69, 9.17) is 9.72 Å². The van der Waals surface area contributed by atoms with Crippen molar-refractivity contribution in [1.82, 2.24) is 19.8 Å². The van der Waals surface area contributed by atoms with E-state index in [1.807, 2.05) is 34.6 Å². The van der Waals surface area contributed by atoms with E-state index < -0.39 is 29.1 Å². The second kappa shape index (κ2) is 13.0. The average Bonchev–Trinajstić information content (AvgIpc) is 2.82. The molecule has 1 fully saturated rings. The van der Waals surface area contributed by atoms with Gasteiger partial charge in [0.1, 0.15) is 17.1 Å². The first-order valence-corrected chi connectivity index (χ1v) is 14.3. The van der Waals surface area contributed by atoms with Crippen molar-refractivity contribution in [2.24, 2.45) is 11.3 Å². The second-order valence-corrected chi connectivity index (χ2v) is 13.5. The highest BCUT2D eigenvalue weighted by molar-refractivity contribution is 5.96. The van der Waals surface area contributed by atoms with E-state index in [1.54, 1.807) is 32.6 Å². The normalized spacial score (nSPS) is 19.6. The Balaban J connectivity index is 2.58. The topological polar surface area (TPSA) is 113 Å². The molecule has 1 saturated heterocycles. The van der Waals surface area contributed by atoms with Gasteiger partial charge in [-0.25, -0.2) is 14.8 Å². The highest BCUT2D eigenvalue weighted by atomic mass is 16.6. The van der Waals surface area contributed by atoms with Gasteiger partial charge in [-0.05, 0) is 52.4 Å². The van der Waals surface area contributed by atoms with Gasteiger partial charge in [-0.15, -0.1) is 0 Å². The molecule has 0 radical (unpaired) electrons. The number of amides is 2. The maximum atomic E-state index is 14.2. The highest BCUT2D eigenvalue weighted by Crippen LogP contribution is 2.34. The van der Waals surface area contributed by atoms with Gasteiger partial charge in [0.15, 0.2) is 0 Å². The number of unbranched alkanes of at least 4 members (excludes halogenated alkanes) is 2. The van der Waals surface area contributed by atoms with Gasteiger partial charge in [-0.1, -0.05) is 53.9 Å². The minimum absolute atomic E-state index is 0.00496. The molecule has 40 heavy (non-hydrogen) atoms. The van der Waals surface area contributed by atoms with Crippen LogP contribution in [0.25, 0.3) is 0 Å². The van der Waals surface area contributed by atoms with E-state index in [2.05, 4.69) is 23.7 Å². The molecule has 0 bridgehead atoms. The van der Waals surface area contributed by atoms with Gasteiger partial charge in [-0.2, -0.15) is 0 Å². The Labute approximate surface area is 240 Å². The molecular weight excluding hydrogens is 508 g/mol. The Morgan fingerprint density at radius 3 is 2.40 bits per heavy atom. The van der Waals surface area contributed by atoms with Crippen molar-refractivity contribution in [2.45, 2.75) is 112 Å². The van der Waals surface area contributed by atoms with Crippen LogP contribution in [0.2, 0.25) is 0 Å². The molecular formula is C31H48N4O5. The maximum Gasteiger partial charge on any atom is 0.410 e. The third kappa shape index (κ3) is 8.94. The molecule has 1 aromatic rings. The second-order valence-electron chi connectivity index (χ2n) is 13.5. The molecule has 9 heteroatoms. The highest BCUT2D eigenvalue weighted by Gasteiger charge is 2.47. The lowest BCUT2D eigenvalue weighted by molar-refractivity contribution is -0.152. The summed E-state index contributed by atoms with van der Waals surface area (Å²) >= 11 is 0. The van der Waals surface area contributed by atoms with Crippen molar-refractivity contribution in [3.8, 4) is 11.8 Å². The number of carbonyl (C=O) groups is 3. The minimum atomic E-state index is -1.26. The maximum absolute atomic E-state index is 14.2. The van der Waals surface area contributed by atoms with E-state index in [0.29, 0.717) is 24.5 Å². The molecule has 0 unspecified atom stereocenters. The lowest BCUT2D eigenvalue weighted by Gasteiger charge is -2.46. The molecule has 2 amide bonds. The Bertz CT molecular complexity index is 1140. The zero-order valence-electron chi connectivity index (χ0n) is 26.1. The van der Waals surface area contributed by atoms with Crippen molar-refractivity contribution in [3.05, 3.63) is 23.3 Å². The van der Waals surface area contributed by atoms with Crippen molar-refractivity contribution in [2.75, 3.05) is 19.6 Å². The summed E-state index contributed by atoms with van der Waals surface area (Å²) in [4.78, 5) is 52.0. The molecule has 0 aromatic carbocycles. The number of carbonyl (C=O) groups excluding carboxylic acids is 2. The van der Waals surface area contributed by atoms with Crippen LogP contribution in [0.1, 0.15) is 117 Å². The summed E-state index contributed by atoms with van der Waals surface area (Å²) < 4.78 is 5.59. The number of nitrogens with zero attached hydrogens (tertiary/aromatic N) is 4. The molecule has 1 aliphatic heterocycles. The Kier molecular flexibility index (Phi) is 10.8. The third-order valence-electron chi connectivity index (χ3n) is 6.64. The van der Waals surface area contributed by atoms with Crippen LogP contribution in [0.4, 0.5) is 4.79 Å². The van der Waals surface area contributed by atoms with Crippen LogP contribution in [0.3, 0.4) is 0 Å². The molecule has 2 rings (SSSR count). The van der Waals surface area contributed by atoms with Crippen molar-refractivity contribution in [1.29, 1.82) is 0 Å². The number of piperidine rings is 1. The van der Waals surface area contributed by atoms with Crippen LogP contribution in [-0.4, -0.2) is 74.1 Å². The Morgan fingerprint density at radius 2 is 1.88 bits per heavy atom. The summed E-state index contributed by atoms with van der Waals surface area (Å²) in [6.07, 6.45) is 3.79. The first-order valence-electron chi connectivity index (χ1n) is 14.3. The van der Waals surface area contributed by atoms with Gasteiger partial charge in [0.2, 0.25) is 0 Å². The number of carboxylic acid groups (broad SMARTS) is 1. The number of hydrogen-bond acceptors (Lipinski definition) is 6. The molecule has 2 heterocycles. The molecule has 1 N–H and O–H groups in total. The van der Waals surface area contributed by atoms with E-state index in [1.165, 1.54) is 11.1 Å². The SMILES string of the molecule is CCCCC#Cc1nc(C(C)(C)C)ncc1C(=O)N(CC(C)C)[C@@H]1CN(C(=O)OC(C)(C)C)C[C@](C)(C(=O)O)C1. The Morgan fingerprint density at radius 1 is 1.23 bits per heavy atom. The third-order valence-corrected chi connectivity index (χ3v) is 6.64. The number of ether oxygens (including phenoxy) is 1. The van der Waals surface area contributed by atoms with E-state index >= 15 is 0 Å². The molecule has 2 atom stereocenters. The molecule has 0 aliphatic carbocycles. The largest absolute Gasteiger partial charge is 0.481 e. The zero-order valence-corrected chi connectivity index (χ0v) is 26.1. The Hall–Kier alpha value is -3.15. The molecule has 1 aliphatic rings. The fourth-order valence-corrected chi connectivity index (χ4v) is 4.57. The quantitative estimate of drug-likeness (QED) is 0.348. The van der Waals surface area contributed by atoms with Crippen molar-refractivity contribution in [3.63, 3.8) is 0 Å². The number of carboxylic acids is 1. The van der Waals surface area contributed by atoms with Gasteiger partial charge >= 0.3 is 12.1 Å². The van der Waals surface area contributed by atoms with Crippen molar-refractivity contribution < 1.29 is 24.2 Å². The summed E-state index contributed by atoms with van der Waals surface area (Å²) in [6.45, 7) is 19.5. The summed E-state index contributed by atoms with van der Waals surface area (Å²) in [7, 11) is 0. The van der Waals surface area contributed by atoms with Crippen LogP contribution in [0.15, 0.2) is 6.20 Å². The van der Waals surface area contributed by atoms with Gasteiger partial charge in [0.25, 0.3) is 5.91 Å². The van der Waals surface area contributed by atoms with Gasteiger partial charge in [0.05, 0.1) is 17.0 Å². The van der Waals surface area contributed by atoms with Gasteiger partial charge in [-0.3, -0.25) is 9.59 Å².